The zero-order valence-corrected chi connectivity index (χ0v) is 4.72. The zero-order valence-electron chi connectivity index (χ0n) is 2.86. The maximum atomic E-state index is 8.74. The Hall–Kier alpha value is 0.904. The quantitative estimate of drug-likeness (QED) is 0.369. The maximum absolute atomic E-state index is 8.74. The molecule has 0 bridgehead atoms. The predicted molar refractivity (Wildman–Crippen MR) is 23.8 cm³/mol. The summed E-state index contributed by atoms with van der Waals surface area (Å²) in [6, 6.07) is 0. The van der Waals surface area contributed by atoms with Gasteiger partial charge in [0.05, 0.1) is 0 Å². The summed E-state index contributed by atoms with van der Waals surface area (Å²) in [6.07, 6.45) is 0. The van der Waals surface area contributed by atoms with Crippen LogP contribution in [-0.2, 0) is 27.2 Å². The third-order valence-corrected chi connectivity index (χ3v) is 0. The molecule has 0 aromatic rings. The number of hydrogen-bond donors (Lipinski definition) is 2. The molecule has 0 aliphatic rings. The van der Waals surface area contributed by atoms with Crippen LogP contribution >= 0.6 is 0 Å². The van der Waals surface area contributed by atoms with Crippen LogP contribution in [0.5, 0.6) is 0 Å². The minimum atomic E-state index is -4.67. The van der Waals surface area contributed by atoms with Crippen LogP contribution < -0.4 is 0 Å². The van der Waals surface area contributed by atoms with Gasteiger partial charge in [-0.15, -0.1) is 0 Å². The van der Waals surface area contributed by atoms with Crippen LogP contribution in [0.2, 0.25) is 0 Å². The van der Waals surface area contributed by atoms with Crippen molar-refractivity contribution >= 4 is 29.3 Å². The predicted octanol–water partition coefficient (Wildman–Crippen LogP) is -1.15. The van der Waals surface area contributed by atoms with Gasteiger partial charge in [0.15, 0.2) is 0 Å². The van der Waals surface area contributed by atoms with Gasteiger partial charge < -0.3 is 0 Å². The summed E-state index contributed by atoms with van der Waals surface area (Å²) in [5, 5.41) is 0. The molecule has 0 aromatic heterocycles. The summed E-state index contributed by atoms with van der Waals surface area (Å²) >= 11 is 0. The van der Waals surface area contributed by atoms with Crippen LogP contribution in [0.15, 0.2) is 0 Å². The molecule has 0 saturated carbocycles. The van der Waals surface area contributed by atoms with Gasteiger partial charge in [-0.3, -0.25) is 13.8 Å². The average Bonchev–Trinajstić information content (AvgIpc) is 0.722. The van der Waals surface area contributed by atoms with Crippen LogP contribution in [0.1, 0.15) is 0 Å². The molecule has 0 fully saturated rings. The van der Waals surface area contributed by atoms with Gasteiger partial charge in [-0.1, -0.05) is 0 Å². The summed E-state index contributed by atoms with van der Waals surface area (Å²) < 4.78 is 31.6. The van der Waals surface area contributed by atoms with E-state index in [9.17, 15) is 0 Å². The Morgan fingerprint density at radius 1 is 1.12 bits per heavy atom. The van der Waals surface area contributed by atoms with E-state index in [4.69, 9.17) is 17.5 Å². The normalized spacial score (nSPS) is 7.25. The van der Waals surface area contributed by atoms with E-state index in [-0.39, 0.29) is 40.3 Å². The van der Waals surface area contributed by atoms with Crippen molar-refractivity contribution in [1.82, 2.24) is 0 Å². The molecule has 0 amide bonds. The summed E-state index contributed by atoms with van der Waals surface area (Å²) in [7, 11) is -4.67. The number of halogens is 1. The first-order valence-corrected chi connectivity index (χ1v) is 2.10. The van der Waals surface area contributed by atoms with E-state index < -0.39 is 10.4 Å². The minimum absolute atomic E-state index is 0. The molecule has 1 radical (unpaired) electrons. The molecule has 0 aromatic carbocycles. The molecule has 0 aliphatic carbocycles. The Morgan fingerprint density at radius 3 is 1.12 bits per heavy atom. The van der Waals surface area contributed by atoms with Crippen molar-refractivity contribution in [1.29, 1.82) is 0 Å². The molecule has 0 atom stereocenters. The molecule has 0 spiro atoms. The molecular weight excluding hydrogens is 181 g/mol. The van der Waals surface area contributed by atoms with E-state index in [2.05, 4.69) is 0 Å². The number of rotatable bonds is 0. The second kappa shape index (κ2) is 7.90. The van der Waals surface area contributed by atoms with Crippen LogP contribution in [0.25, 0.3) is 0 Å². The van der Waals surface area contributed by atoms with Gasteiger partial charge in [-0.2, -0.15) is 8.42 Å². The van der Waals surface area contributed by atoms with Crippen LogP contribution in [0.3, 0.4) is 0 Å². The van der Waals surface area contributed by atoms with E-state index >= 15 is 0 Å². The fourth-order valence-corrected chi connectivity index (χ4v) is 0. The molecule has 8 heteroatoms. The molecule has 0 rings (SSSR count). The molecule has 0 heterocycles. The Kier molecular flexibility index (Phi) is 22.9. The molecule has 4 nitrogen and oxygen atoms in total. The fourth-order valence-electron chi connectivity index (χ4n) is 0. The first kappa shape index (κ1) is 23.1. The van der Waals surface area contributed by atoms with E-state index in [0.29, 0.717) is 0 Å². The van der Waals surface area contributed by atoms with Crippen LogP contribution in [0, 0.1) is 0 Å². The summed E-state index contributed by atoms with van der Waals surface area (Å²) in [5.41, 5.74) is 0. The third-order valence-electron chi connectivity index (χ3n) is 0. The van der Waals surface area contributed by atoms with Crippen molar-refractivity contribution in [2.45, 2.75) is 0 Å². The molecule has 51 valence electrons. The van der Waals surface area contributed by atoms with Gasteiger partial charge in [0, 0.05) is 16.8 Å². The van der Waals surface area contributed by atoms with Crippen molar-refractivity contribution in [2.24, 2.45) is 0 Å². The van der Waals surface area contributed by atoms with Gasteiger partial charge >= 0.3 is 29.3 Å². The standard InChI is InChI=1S/Co.FH.Li.H2O4S.H/c;;;1-5(2,3)4;/h;1H;;(H2,1,2,3,4);. The molecule has 0 unspecified atom stereocenters. The van der Waals surface area contributed by atoms with Crippen LogP contribution in [0.4, 0.5) is 4.70 Å². The van der Waals surface area contributed by atoms with Crippen molar-refractivity contribution in [3.63, 3.8) is 0 Å². The van der Waals surface area contributed by atoms with E-state index in [1.54, 1.807) is 0 Å². The van der Waals surface area contributed by atoms with E-state index in [0.717, 1.165) is 0 Å². The first-order valence-electron chi connectivity index (χ1n) is 0.698. The van der Waals surface area contributed by atoms with Crippen molar-refractivity contribution in [3.8, 4) is 0 Å². The van der Waals surface area contributed by atoms with Gasteiger partial charge in [-0.25, -0.2) is 0 Å². The summed E-state index contributed by atoms with van der Waals surface area (Å²) in [6.45, 7) is 0. The van der Waals surface area contributed by atoms with Gasteiger partial charge in [0.1, 0.15) is 0 Å². The molecular formula is H4CoFLiO4S. The van der Waals surface area contributed by atoms with Crippen LogP contribution in [-0.4, -0.2) is 36.4 Å². The summed E-state index contributed by atoms with van der Waals surface area (Å²) in [4.78, 5) is 0. The Balaban J connectivity index is -0.0000000267. The number of hydrogen-bond acceptors (Lipinski definition) is 2. The second-order valence-electron chi connectivity index (χ2n) is 0.448. The molecule has 2 N–H and O–H groups in total. The van der Waals surface area contributed by atoms with E-state index in [1.807, 2.05) is 0 Å². The first-order chi connectivity index (χ1) is 2.00. The van der Waals surface area contributed by atoms with Gasteiger partial charge in [0.2, 0.25) is 0 Å². The third kappa shape index (κ3) is 295. The molecule has 8 heavy (non-hydrogen) atoms. The van der Waals surface area contributed by atoms with Gasteiger partial charge in [-0.05, 0) is 0 Å². The summed E-state index contributed by atoms with van der Waals surface area (Å²) in [5.74, 6) is 0. The van der Waals surface area contributed by atoms with Crippen molar-refractivity contribution < 1.29 is 39.0 Å². The zero-order chi connectivity index (χ0) is 4.50. The van der Waals surface area contributed by atoms with Crippen molar-refractivity contribution in [2.75, 3.05) is 0 Å². The average molecular weight is 185 g/mol. The van der Waals surface area contributed by atoms with Crippen molar-refractivity contribution in [3.05, 3.63) is 0 Å². The monoisotopic (exact) mass is 185 g/mol. The SMILES string of the molecule is F.O=S(=O)(O)O.[Co].[LiH]. The Bertz CT molecular complexity index is 99.2. The van der Waals surface area contributed by atoms with E-state index in [1.165, 1.54) is 0 Å². The Morgan fingerprint density at radius 2 is 1.12 bits per heavy atom. The molecule has 0 aliphatic heterocycles. The fraction of sp³-hybridized carbons (Fsp3) is 0. The molecule has 0 saturated heterocycles. The topological polar surface area (TPSA) is 74.6 Å². The van der Waals surface area contributed by atoms with Gasteiger partial charge in [0.25, 0.3) is 0 Å². The second-order valence-corrected chi connectivity index (χ2v) is 1.34. The Labute approximate surface area is 68.4 Å².